The first kappa shape index (κ1) is 20.9. The Morgan fingerprint density at radius 1 is 1.36 bits per heavy atom. The van der Waals surface area contributed by atoms with Gasteiger partial charge in [-0.15, -0.1) is 12.4 Å². The monoisotopic (exact) mass is 327 g/mol. The van der Waals surface area contributed by atoms with Gasteiger partial charge in [0.15, 0.2) is 0 Å². The maximum Gasteiger partial charge on any atom is 0.239 e. The summed E-state index contributed by atoms with van der Waals surface area (Å²) >= 11 is 0. The fourth-order valence-corrected chi connectivity index (χ4v) is 2.26. The van der Waals surface area contributed by atoms with Gasteiger partial charge in [-0.05, 0) is 32.9 Å². The maximum absolute atomic E-state index is 12.1. The standard InChI is InChI=1S/C17H29N3O.ClH/c1-5-11-17(3,18)16(21)19-12-14(2)20(4)13-15-9-7-6-8-10-15;/h6-10,14H,5,11-13,18H2,1-4H3,(H,19,21);1H. The summed E-state index contributed by atoms with van der Waals surface area (Å²) in [5.74, 6) is -0.0655. The van der Waals surface area contributed by atoms with Crippen molar-refractivity contribution in [3.05, 3.63) is 35.9 Å². The quantitative estimate of drug-likeness (QED) is 0.771. The molecule has 0 fully saturated rings. The Bertz CT molecular complexity index is 437. The molecule has 0 heterocycles. The van der Waals surface area contributed by atoms with Crippen LogP contribution in [0, 0.1) is 0 Å². The molecule has 0 saturated heterocycles. The van der Waals surface area contributed by atoms with Crippen LogP contribution < -0.4 is 11.1 Å². The molecular formula is C17H30ClN3O. The van der Waals surface area contributed by atoms with Crippen LogP contribution in [0.4, 0.5) is 0 Å². The molecule has 0 aliphatic heterocycles. The van der Waals surface area contributed by atoms with Gasteiger partial charge in [-0.25, -0.2) is 0 Å². The molecule has 1 aromatic rings. The first-order valence-electron chi connectivity index (χ1n) is 7.68. The molecule has 126 valence electrons. The molecule has 0 saturated carbocycles. The fourth-order valence-electron chi connectivity index (χ4n) is 2.26. The van der Waals surface area contributed by atoms with Gasteiger partial charge in [-0.1, -0.05) is 43.7 Å². The number of nitrogens with one attached hydrogen (secondary N) is 1. The molecule has 0 aliphatic carbocycles. The lowest BCUT2D eigenvalue weighted by molar-refractivity contribution is -0.126. The van der Waals surface area contributed by atoms with Crippen molar-refractivity contribution in [2.45, 2.75) is 51.7 Å². The van der Waals surface area contributed by atoms with E-state index in [1.165, 1.54) is 5.56 Å². The second kappa shape index (κ2) is 9.82. The molecule has 0 aliphatic rings. The number of rotatable bonds is 8. The average Bonchev–Trinajstić information content (AvgIpc) is 2.45. The van der Waals surface area contributed by atoms with Gasteiger partial charge in [0, 0.05) is 19.1 Å². The summed E-state index contributed by atoms with van der Waals surface area (Å²) in [7, 11) is 2.07. The van der Waals surface area contributed by atoms with Gasteiger partial charge in [0.2, 0.25) is 5.91 Å². The second-order valence-corrected chi connectivity index (χ2v) is 6.13. The van der Waals surface area contributed by atoms with Crippen LogP contribution in [0.3, 0.4) is 0 Å². The van der Waals surface area contributed by atoms with Crippen LogP contribution in [-0.2, 0) is 11.3 Å². The molecule has 5 heteroatoms. The molecule has 4 nitrogen and oxygen atoms in total. The van der Waals surface area contributed by atoms with E-state index in [9.17, 15) is 4.79 Å². The van der Waals surface area contributed by atoms with E-state index in [0.717, 1.165) is 13.0 Å². The van der Waals surface area contributed by atoms with Crippen LogP contribution in [-0.4, -0.2) is 36.0 Å². The first-order valence-corrected chi connectivity index (χ1v) is 7.68. The third-order valence-electron chi connectivity index (χ3n) is 3.87. The number of nitrogens with zero attached hydrogens (tertiary/aromatic N) is 1. The first-order chi connectivity index (χ1) is 9.86. The number of nitrogens with two attached hydrogens (primary N) is 1. The Morgan fingerprint density at radius 3 is 2.50 bits per heavy atom. The minimum Gasteiger partial charge on any atom is -0.353 e. The van der Waals surface area contributed by atoms with Crippen molar-refractivity contribution in [3.63, 3.8) is 0 Å². The Balaban J connectivity index is 0.00000441. The van der Waals surface area contributed by atoms with Gasteiger partial charge in [-0.3, -0.25) is 9.69 Å². The highest BCUT2D eigenvalue weighted by Crippen LogP contribution is 2.09. The molecular weight excluding hydrogens is 298 g/mol. The normalized spacial score (nSPS) is 14.8. The molecule has 0 bridgehead atoms. The van der Waals surface area contributed by atoms with E-state index in [-0.39, 0.29) is 24.4 Å². The number of amides is 1. The molecule has 0 aromatic heterocycles. The lowest BCUT2D eigenvalue weighted by Gasteiger charge is -2.28. The van der Waals surface area contributed by atoms with E-state index in [1.807, 2.05) is 25.1 Å². The van der Waals surface area contributed by atoms with Crippen LogP contribution >= 0.6 is 12.4 Å². The predicted molar refractivity (Wildman–Crippen MR) is 95.1 cm³/mol. The topological polar surface area (TPSA) is 58.4 Å². The van der Waals surface area contributed by atoms with E-state index in [4.69, 9.17) is 5.73 Å². The summed E-state index contributed by atoms with van der Waals surface area (Å²) in [6.45, 7) is 7.42. The van der Waals surface area contributed by atoms with E-state index >= 15 is 0 Å². The van der Waals surface area contributed by atoms with Crippen molar-refractivity contribution in [1.29, 1.82) is 0 Å². The molecule has 1 rings (SSSR count). The van der Waals surface area contributed by atoms with Gasteiger partial charge in [-0.2, -0.15) is 0 Å². The molecule has 3 N–H and O–H groups in total. The SMILES string of the molecule is CCCC(C)(N)C(=O)NCC(C)N(C)Cc1ccccc1.Cl. The van der Waals surface area contributed by atoms with Gasteiger partial charge in [0.05, 0.1) is 5.54 Å². The van der Waals surface area contributed by atoms with Crippen LogP contribution in [0.1, 0.15) is 39.2 Å². The van der Waals surface area contributed by atoms with Crippen molar-refractivity contribution in [2.75, 3.05) is 13.6 Å². The third kappa shape index (κ3) is 6.77. The molecule has 2 atom stereocenters. The number of hydrogen-bond donors (Lipinski definition) is 2. The van der Waals surface area contributed by atoms with Crippen LogP contribution in [0.15, 0.2) is 30.3 Å². The van der Waals surface area contributed by atoms with Crippen molar-refractivity contribution in [2.24, 2.45) is 5.73 Å². The Labute approximate surface area is 140 Å². The zero-order valence-electron chi connectivity index (χ0n) is 14.1. The van der Waals surface area contributed by atoms with Gasteiger partial charge in [0.1, 0.15) is 0 Å². The lowest BCUT2D eigenvalue weighted by Crippen LogP contribution is -2.53. The van der Waals surface area contributed by atoms with Gasteiger partial charge in [0.25, 0.3) is 0 Å². The number of carbonyl (C=O) groups excluding carboxylic acids is 1. The van der Waals surface area contributed by atoms with E-state index in [0.29, 0.717) is 13.0 Å². The Kier molecular flexibility index (Phi) is 9.33. The van der Waals surface area contributed by atoms with Crippen molar-refractivity contribution in [1.82, 2.24) is 10.2 Å². The van der Waals surface area contributed by atoms with Gasteiger partial charge >= 0.3 is 0 Å². The smallest absolute Gasteiger partial charge is 0.239 e. The second-order valence-electron chi connectivity index (χ2n) is 6.13. The van der Waals surface area contributed by atoms with Crippen LogP contribution in [0.2, 0.25) is 0 Å². The average molecular weight is 328 g/mol. The predicted octanol–water partition coefficient (Wildman–Crippen LogP) is 2.56. The zero-order valence-corrected chi connectivity index (χ0v) is 15.0. The number of benzene rings is 1. The summed E-state index contributed by atoms with van der Waals surface area (Å²) in [6.07, 6.45) is 1.61. The Hall–Kier alpha value is -1.10. The van der Waals surface area contributed by atoms with Crippen molar-refractivity contribution >= 4 is 18.3 Å². The number of likely N-dealkylation sites (N-methyl/N-ethyl adjacent to an activating group) is 1. The highest BCUT2D eigenvalue weighted by atomic mass is 35.5. The molecule has 1 aromatic carbocycles. The lowest BCUT2D eigenvalue weighted by atomic mass is 9.96. The fraction of sp³-hybridized carbons (Fsp3) is 0.588. The zero-order chi connectivity index (χ0) is 15.9. The van der Waals surface area contributed by atoms with Crippen LogP contribution in [0.5, 0.6) is 0 Å². The van der Waals surface area contributed by atoms with E-state index < -0.39 is 5.54 Å². The van der Waals surface area contributed by atoms with E-state index in [2.05, 4.69) is 36.3 Å². The minimum atomic E-state index is -0.771. The third-order valence-corrected chi connectivity index (χ3v) is 3.87. The largest absolute Gasteiger partial charge is 0.353 e. The summed E-state index contributed by atoms with van der Waals surface area (Å²) in [4.78, 5) is 14.3. The van der Waals surface area contributed by atoms with Crippen molar-refractivity contribution < 1.29 is 4.79 Å². The van der Waals surface area contributed by atoms with Gasteiger partial charge < -0.3 is 11.1 Å². The highest BCUT2D eigenvalue weighted by Gasteiger charge is 2.27. The summed E-state index contributed by atoms with van der Waals surface area (Å²) in [6, 6.07) is 10.6. The summed E-state index contributed by atoms with van der Waals surface area (Å²) < 4.78 is 0. The molecule has 1 amide bonds. The molecule has 2 unspecified atom stereocenters. The highest BCUT2D eigenvalue weighted by molar-refractivity contribution is 5.85. The molecule has 22 heavy (non-hydrogen) atoms. The summed E-state index contributed by atoms with van der Waals surface area (Å²) in [5.41, 5.74) is 6.53. The molecule has 0 spiro atoms. The molecule has 0 radical (unpaired) electrons. The van der Waals surface area contributed by atoms with Crippen LogP contribution in [0.25, 0.3) is 0 Å². The van der Waals surface area contributed by atoms with E-state index in [1.54, 1.807) is 6.92 Å². The number of hydrogen-bond acceptors (Lipinski definition) is 3. The van der Waals surface area contributed by atoms with Crippen molar-refractivity contribution in [3.8, 4) is 0 Å². The Morgan fingerprint density at radius 2 is 1.95 bits per heavy atom. The minimum absolute atomic E-state index is 0. The summed E-state index contributed by atoms with van der Waals surface area (Å²) in [5, 5.41) is 2.97. The number of halogens is 1. The number of carbonyl (C=O) groups is 1. The maximum atomic E-state index is 12.1.